The van der Waals surface area contributed by atoms with Crippen molar-refractivity contribution in [1.82, 2.24) is 0 Å². The minimum absolute atomic E-state index is 0.337. The number of hydrogen-bond donors (Lipinski definition) is 1. The van der Waals surface area contributed by atoms with Crippen LogP contribution in [-0.4, -0.2) is 10.4 Å². The van der Waals surface area contributed by atoms with Gasteiger partial charge in [0.2, 0.25) is 0 Å². The van der Waals surface area contributed by atoms with E-state index in [1.165, 1.54) is 11.3 Å². The van der Waals surface area contributed by atoms with Gasteiger partial charge in [-0.3, -0.25) is 0 Å². The fourth-order valence-electron chi connectivity index (χ4n) is 0.840. The number of phenolic OH excluding ortho intramolecular Hbond substituents is 1. The van der Waals surface area contributed by atoms with Crippen LogP contribution in [0.25, 0.3) is 0 Å². The Morgan fingerprint density at radius 3 is 2.42 bits per heavy atom. The molecule has 0 heterocycles. The molecule has 1 atom stereocenters. The smallest absolute Gasteiger partial charge is 0.115 e. The van der Waals surface area contributed by atoms with Crippen LogP contribution in [0.2, 0.25) is 0 Å². The van der Waals surface area contributed by atoms with Crippen molar-refractivity contribution in [2.75, 3.05) is 0 Å². The number of benzene rings is 1. The van der Waals surface area contributed by atoms with Gasteiger partial charge in [-0.15, -0.1) is 11.8 Å². The van der Waals surface area contributed by atoms with Crippen molar-refractivity contribution in [2.45, 2.75) is 30.4 Å². The van der Waals surface area contributed by atoms with E-state index in [1.54, 1.807) is 12.1 Å². The summed E-state index contributed by atoms with van der Waals surface area (Å²) in [5, 5.41) is 9.69. The van der Waals surface area contributed by atoms with Crippen LogP contribution in [-0.2, 0) is 0 Å². The monoisotopic (exact) mass is 182 g/mol. The zero-order chi connectivity index (χ0) is 8.97. The lowest BCUT2D eigenvalue weighted by atomic mass is 10.3. The van der Waals surface area contributed by atoms with Crippen LogP contribution in [0.4, 0.5) is 0 Å². The molecule has 1 N–H and O–H groups in total. The summed E-state index contributed by atoms with van der Waals surface area (Å²) in [5.41, 5.74) is 0. The largest absolute Gasteiger partial charge is 0.508 e. The molecule has 66 valence electrons. The first-order chi connectivity index (χ1) is 5.72. The van der Waals surface area contributed by atoms with Crippen LogP contribution < -0.4 is 0 Å². The van der Waals surface area contributed by atoms with Crippen molar-refractivity contribution in [1.29, 1.82) is 0 Å². The molecule has 0 aliphatic heterocycles. The summed E-state index contributed by atoms with van der Waals surface area (Å²) in [4.78, 5) is 1.22. The van der Waals surface area contributed by atoms with E-state index in [0.717, 1.165) is 0 Å². The molecule has 12 heavy (non-hydrogen) atoms. The van der Waals surface area contributed by atoms with Crippen LogP contribution in [0.1, 0.15) is 20.3 Å². The number of rotatable bonds is 3. The summed E-state index contributed by atoms with van der Waals surface area (Å²) >= 11 is 1.84. The molecule has 1 aromatic carbocycles. The quantitative estimate of drug-likeness (QED) is 0.724. The predicted molar refractivity (Wildman–Crippen MR) is 53.7 cm³/mol. The minimum Gasteiger partial charge on any atom is -0.508 e. The van der Waals surface area contributed by atoms with E-state index in [-0.39, 0.29) is 0 Å². The predicted octanol–water partition coefficient (Wildman–Crippen LogP) is 3.28. The molecule has 0 aromatic heterocycles. The van der Waals surface area contributed by atoms with E-state index in [1.807, 2.05) is 23.9 Å². The van der Waals surface area contributed by atoms with Crippen LogP contribution in [0.3, 0.4) is 0 Å². The summed E-state index contributed by atoms with van der Waals surface area (Å²) < 4.78 is 0. The van der Waals surface area contributed by atoms with Gasteiger partial charge in [-0.05, 0) is 30.7 Å². The maximum Gasteiger partial charge on any atom is 0.115 e. The van der Waals surface area contributed by atoms with Crippen molar-refractivity contribution < 1.29 is 5.11 Å². The lowest BCUT2D eigenvalue weighted by Crippen LogP contribution is -1.90. The Kier molecular flexibility index (Phi) is 3.48. The second kappa shape index (κ2) is 4.41. The third-order valence-electron chi connectivity index (χ3n) is 1.75. The average molecular weight is 182 g/mol. The van der Waals surface area contributed by atoms with E-state index in [2.05, 4.69) is 13.8 Å². The molecule has 0 aliphatic rings. The van der Waals surface area contributed by atoms with Crippen LogP contribution in [0, 0.1) is 0 Å². The zero-order valence-corrected chi connectivity index (χ0v) is 8.27. The van der Waals surface area contributed by atoms with Crippen molar-refractivity contribution in [3.8, 4) is 5.75 Å². The Morgan fingerprint density at radius 2 is 1.92 bits per heavy atom. The van der Waals surface area contributed by atoms with Crippen molar-refractivity contribution in [3.63, 3.8) is 0 Å². The van der Waals surface area contributed by atoms with Gasteiger partial charge in [0, 0.05) is 10.1 Å². The lowest BCUT2D eigenvalue weighted by Gasteiger charge is -2.07. The van der Waals surface area contributed by atoms with E-state index < -0.39 is 0 Å². The Balaban J connectivity index is 2.58. The maximum absolute atomic E-state index is 9.04. The molecule has 0 spiro atoms. The molecule has 1 aromatic rings. The molecule has 0 amide bonds. The van der Waals surface area contributed by atoms with Gasteiger partial charge in [0.25, 0.3) is 0 Å². The van der Waals surface area contributed by atoms with Gasteiger partial charge in [-0.25, -0.2) is 0 Å². The molecular formula is C10H14OS. The first-order valence-corrected chi connectivity index (χ1v) is 5.06. The Morgan fingerprint density at radius 1 is 1.33 bits per heavy atom. The second-order valence-corrected chi connectivity index (χ2v) is 4.34. The number of phenols is 1. The van der Waals surface area contributed by atoms with E-state index >= 15 is 0 Å². The molecule has 1 unspecified atom stereocenters. The summed E-state index contributed by atoms with van der Waals surface area (Å²) in [6, 6.07) is 7.35. The van der Waals surface area contributed by atoms with Gasteiger partial charge in [0.15, 0.2) is 0 Å². The highest BCUT2D eigenvalue weighted by molar-refractivity contribution is 7.99. The minimum atomic E-state index is 0.337. The molecular weight excluding hydrogens is 168 g/mol. The third-order valence-corrected chi connectivity index (χ3v) is 3.03. The highest BCUT2D eigenvalue weighted by Gasteiger charge is 2.00. The van der Waals surface area contributed by atoms with Crippen LogP contribution in [0.15, 0.2) is 29.2 Å². The maximum atomic E-state index is 9.04. The summed E-state index contributed by atoms with van der Waals surface area (Å²) in [6.07, 6.45) is 1.17. The van der Waals surface area contributed by atoms with E-state index in [9.17, 15) is 0 Å². The molecule has 0 radical (unpaired) electrons. The first-order valence-electron chi connectivity index (χ1n) is 4.18. The SMILES string of the molecule is CCC(C)Sc1ccc(O)cc1. The molecule has 0 saturated carbocycles. The molecule has 1 rings (SSSR count). The number of hydrogen-bond acceptors (Lipinski definition) is 2. The van der Waals surface area contributed by atoms with Gasteiger partial charge < -0.3 is 5.11 Å². The highest BCUT2D eigenvalue weighted by Crippen LogP contribution is 2.26. The average Bonchev–Trinajstić information content (AvgIpc) is 2.09. The van der Waals surface area contributed by atoms with Crippen molar-refractivity contribution >= 4 is 11.8 Å². The van der Waals surface area contributed by atoms with Gasteiger partial charge in [0.05, 0.1) is 0 Å². The highest BCUT2D eigenvalue weighted by atomic mass is 32.2. The van der Waals surface area contributed by atoms with Crippen molar-refractivity contribution in [2.24, 2.45) is 0 Å². The third kappa shape index (κ3) is 2.78. The van der Waals surface area contributed by atoms with E-state index in [4.69, 9.17) is 5.11 Å². The Hall–Kier alpha value is -0.630. The molecule has 0 bridgehead atoms. The summed E-state index contributed by atoms with van der Waals surface area (Å²) in [5.74, 6) is 0.337. The van der Waals surface area contributed by atoms with Gasteiger partial charge in [0.1, 0.15) is 5.75 Å². The second-order valence-electron chi connectivity index (χ2n) is 2.83. The Labute approximate surface area is 77.8 Å². The van der Waals surface area contributed by atoms with Crippen molar-refractivity contribution in [3.05, 3.63) is 24.3 Å². The lowest BCUT2D eigenvalue weighted by molar-refractivity contribution is 0.475. The van der Waals surface area contributed by atoms with Gasteiger partial charge >= 0.3 is 0 Å². The normalized spacial score (nSPS) is 12.8. The molecule has 2 heteroatoms. The van der Waals surface area contributed by atoms with Crippen LogP contribution >= 0.6 is 11.8 Å². The molecule has 0 saturated heterocycles. The van der Waals surface area contributed by atoms with Gasteiger partial charge in [-0.2, -0.15) is 0 Å². The standard InChI is InChI=1S/C10H14OS/c1-3-8(2)12-10-6-4-9(11)5-7-10/h4-8,11H,3H2,1-2H3. The molecule has 0 fully saturated rings. The zero-order valence-electron chi connectivity index (χ0n) is 7.45. The first kappa shape index (κ1) is 9.46. The van der Waals surface area contributed by atoms with Gasteiger partial charge in [-0.1, -0.05) is 13.8 Å². The van der Waals surface area contributed by atoms with Crippen LogP contribution in [0.5, 0.6) is 5.75 Å². The summed E-state index contributed by atoms with van der Waals surface area (Å²) in [6.45, 7) is 4.38. The fraction of sp³-hybridized carbons (Fsp3) is 0.400. The number of thioether (sulfide) groups is 1. The number of aromatic hydroxyl groups is 1. The molecule has 0 aliphatic carbocycles. The topological polar surface area (TPSA) is 20.2 Å². The fourth-order valence-corrected chi connectivity index (χ4v) is 1.76. The van der Waals surface area contributed by atoms with E-state index in [0.29, 0.717) is 11.0 Å². The molecule has 1 nitrogen and oxygen atoms in total. The Bertz CT molecular complexity index is 230. The summed E-state index contributed by atoms with van der Waals surface area (Å²) in [7, 11) is 0.